The number of hydrogen-bond acceptors (Lipinski definition) is 3. The first-order valence-electron chi connectivity index (χ1n) is 10.0. The van der Waals surface area contributed by atoms with Gasteiger partial charge in [0, 0.05) is 62.9 Å². The van der Waals surface area contributed by atoms with Crippen molar-refractivity contribution in [2.45, 2.75) is 25.8 Å². The van der Waals surface area contributed by atoms with Crippen molar-refractivity contribution >= 4 is 40.8 Å². The number of H-pyrrole nitrogens is 1. The number of para-hydroxylation sites is 1. The first kappa shape index (κ1) is 23.0. The van der Waals surface area contributed by atoms with Gasteiger partial charge in [-0.15, -0.1) is 24.0 Å². The molecule has 7 heteroatoms. The number of hydrogen-bond donors (Lipinski definition) is 3. The smallest absolute Gasteiger partial charge is 0.191 e. The van der Waals surface area contributed by atoms with Crippen molar-refractivity contribution in [3.63, 3.8) is 0 Å². The monoisotopic (exact) mass is 498 g/mol. The van der Waals surface area contributed by atoms with E-state index in [0.717, 1.165) is 51.5 Å². The number of aryl methyl sites for hydroxylation is 1. The van der Waals surface area contributed by atoms with E-state index >= 15 is 0 Å². The quantitative estimate of drug-likeness (QED) is 0.325. The van der Waals surface area contributed by atoms with Crippen LogP contribution < -0.4 is 10.6 Å². The molecule has 3 N–H and O–H groups in total. The summed E-state index contributed by atoms with van der Waals surface area (Å²) >= 11 is 0. The van der Waals surface area contributed by atoms with Gasteiger partial charge in [0.2, 0.25) is 0 Å². The maximum atomic E-state index is 4.38. The number of likely N-dealkylation sites (N-methyl/N-ethyl adjacent to an activating group) is 2. The zero-order valence-corrected chi connectivity index (χ0v) is 19.9. The van der Waals surface area contributed by atoms with Gasteiger partial charge >= 0.3 is 0 Å². The first-order chi connectivity index (χ1) is 13.1. The second-order valence-electron chi connectivity index (χ2n) is 7.53. The number of aromatic nitrogens is 1. The fourth-order valence-corrected chi connectivity index (χ4v) is 3.85. The van der Waals surface area contributed by atoms with E-state index in [1.54, 1.807) is 0 Å². The highest BCUT2D eigenvalue weighted by molar-refractivity contribution is 14.0. The lowest BCUT2D eigenvalue weighted by Gasteiger charge is -2.37. The molecule has 1 aromatic heterocycles. The fourth-order valence-electron chi connectivity index (χ4n) is 3.85. The summed E-state index contributed by atoms with van der Waals surface area (Å²) in [6, 6.07) is 7.09. The number of nitrogens with one attached hydrogen (secondary N) is 3. The van der Waals surface area contributed by atoms with E-state index in [1.807, 2.05) is 7.05 Å². The Kier molecular flexibility index (Phi) is 9.04. The molecule has 3 rings (SSSR count). The lowest BCUT2D eigenvalue weighted by atomic mass is 10.1. The van der Waals surface area contributed by atoms with Crippen LogP contribution in [0.2, 0.25) is 0 Å². The van der Waals surface area contributed by atoms with E-state index in [4.69, 9.17) is 0 Å². The molecule has 0 amide bonds. The molecule has 0 spiro atoms. The number of rotatable bonds is 6. The van der Waals surface area contributed by atoms with Gasteiger partial charge in [-0.25, -0.2) is 0 Å². The molecule has 0 radical (unpaired) electrons. The molecule has 1 aliphatic rings. The molecule has 2 aromatic rings. The summed E-state index contributed by atoms with van der Waals surface area (Å²) in [5.74, 6) is 0.880. The van der Waals surface area contributed by atoms with Crippen molar-refractivity contribution in [2.75, 3.05) is 53.9 Å². The summed E-state index contributed by atoms with van der Waals surface area (Å²) in [5, 5.41) is 8.29. The zero-order chi connectivity index (χ0) is 19.2. The van der Waals surface area contributed by atoms with Crippen molar-refractivity contribution in [3.8, 4) is 0 Å². The predicted octanol–water partition coefficient (Wildman–Crippen LogP) is 2.30. The van der Waals surface area contributed by atoms with Crippen LogP contribution in [0.4, 0.5) is 0 Å². The van der Waals surface area contributed by atoms with Crippen LogP contribution in [0.1, 0.15) is 18.1 Å². The number of guanidine groups is 1. The van der Waals surface area contributed by atoms with E-state index in [-0.39, 0.29) is 24.0 Å². The Hall–Kier alpha value is -1.32. The van der Waals surface area contributed by atoms with Crippen molar-refractivity contribution < 1.29 is 0 Å². The van der Waals surface area contributed by atoms with Gasteiger partial charge in [-0.3, -0.25) is 9.89 Å². The van der Waals surface area contributed by atoms with Crippen molar-refractivity contribution in [1.29, 1.82) is 0 Å². The number of nitrogens with zero attached hydrogens (tertiary/aromatic N) is 3. The molecule has 1 fully saturated rings. The van der Waals surface area contributed by atoms with Crippen LogP contribution in [-0.4, -0.2) is 80.7 Å². The standard InChI is InChI=1S/C21H34N6.HI/c1-5-16-7-6-8-19-17(13-24-20(16)19)9-10-23-21(22-2)25-14-18-15-26(3)11-12-27(18)4;/h6-8,13,18,24H,5,9-12,14-15H2,1-4H3,(H2,22,23,25);1H. The Labute approximate surface area is 186 Å². The first-order valence-corrected chi connectivity index (χ1v) is 10.0. The van der Waals surface area contributed by atoms with Gasteiger partial charge in [0.15, 0.2) is 5.96 Å². The summed E-state index contributed by atoms with van der Waals surface area (Å²) in [4.78, 5) is 12.7. The maximum Gasteiger partial charge on any atom is 0.191 e. The zero-order valence-electron chi connectivity index (χ0n) is 17.6. The molecule has 0 bridgehead atoms. The number of aromatic amines is 1. The number of fused-ring (bicyclic) bond motifs is 1. The molecule has 1 aliphatic heterocycles. The van der Waals surface area contributed by atoms with Gasteiger partial charge in [-0.1, -0.05) is 25.1 Å². The average Bonchev–Trinajstić information content (AvgIpc) is 3.10. The highest BCUT2D eigenvalue weighted by Crippen LogP contribution is 2.22. The third kappa shape index (κ3) is 5.61. The lowest BCUT2D eigenvalue weighted by Crippen LogP contribution is -2.55. The Bertz CT molecular complexity index is 771. The molecule has 1 aromatic carbocycles. The second-order valence-corrected chi connectivity index (χ2v) is 7.53. The highest BCUT2D eigenvalue weighted by Gasteiger charge is 2.22. The molecular weight excluding hydrogens is 463 g/mol. The Morgan fingerprint density at radius 1 is 1.21 bits per heavy atom. The maximum absolute atomic E-state index is 4.38. The summed E-state index contributed by atoms with van der Waals surface area (Å²) in [6.45, 7) is 7.33. The van der Waals surface area contributed by atoms with Crippen LogP contribution in [0.3, 0.4) is 0 Å². The summed E-state index contributed by atoms with van der Waals surface area (Å²) in [7, 11) is 6.24. The molecule has 2 heterocycles. The highest BCUT2D eigenvalue weighted by atomic mass is 127. The molecular formula is C21H35IN6. The summed E-state index contributed by atoms with van der Waals surface area (Å²) in [5.41, 5.74) is 4.02. The van der Waals surface area contributed by atoms with Crippen LogP contribution in [0.25, 0.3) is 10.9 Å². The lowest BCUT2D eigenvalue weighted by molar-refractivity contribution is 0.116. The number of halogens is 1. The van der Waals surface area contributed by atoms with Gasteiger partial charge in [0.1, 0.15) is 0 Å². The molecule has 1 unspecified atom stereocenters. The van der Waals surface area contributed by atoms with E-state index in [0.29, 0.717) is 6.04 Å². The van der Waals surface area contributed by atoms with Gasteiger partial charge in [0.25, 0.3) is 0 Å². The minimum atomic E-state index is 0. The second kappa shape index (κ2) is 11.0. The van der Waals surface area contributed by atoms with Crippen molar-refractivity contribution in [1.82, 2.24) is 25.4 Å². The van der Waals surface area contributed by atoms with Gasteiger partial charge < -0.3 is 20.5 Å². The van der Waals surface area contributed by atoms with Crippen LogP contribution in [0.5, 0.6) is 0 Å². The van der Waals surface area contributed by atoms with Gasteiger partial charge in [-0.05, 0) is 38.1 Å². The molecule has 0 saturated carbocycles. The Morgan fingerprint density at radius 2 is 2.04 bits per heavy atom. The molecule has 156 valence electrons. The third-order valence-corrected chi connectivity index (χ3v) is 5.66. The normalized spacial score (nSPS) is 18.9. The minimum Gasteiger partial charge on any atom is -0.361 e. The molecule has 1 atom stereocenters. The van der Waals surface area contributed by atoms with Crippen molar-refractivity contribution in [2.24, 2.45) is 4.99 Å². The third-order valence-electron chi connectivity index (χ3n) is 5.66. The van der Waals surface area contributed by atoms with E-state index in [1.165, 1.54) is 22.0 Å². The summed E-state index contributed by atoms with van der Waals surface area (Å²) < 4.78 is 0. The van der Waals surface area contributed by atoms with Crippen molar-refractivity contribution in [3.05, 3.63) is 35.5 Å². The van der Waals surface area contributed by atoms with Crippen LogP contribution in [-0.2, 0) is 12.8 Å². The Morgan fingerprint density at radius 3 is 2.79 bits per heavy atom. The van der Waals surface area contributed by atoms with Crippen LogP contribution in [0.15, 0.2) is 29.4 Å². The SMILES string of the molecule is CCc1cccc2c(CCNC(=NC)NCC3CN(C)CCN3C)c[nH]c12.I. The molecule has 1 saturated heterocycles. The average molecular weight is 498 g/mol. The molecule has 0 aliphatic carbocycles. The Balaban J connectivity index is 0.00000280. The fraction of sp³-hybridized carbons (Fsp3) is 0.571. The summed E-state index contributed by atoms with van der Waals surface area (Å²) in [6.07, 6.45) is 4.17. The van der Waals surface area contributed by atoms with Gasteiger partial charge in [0.05, 0.1) is 0 Å². The predicted molar refractivity (Wildman–Crippen MR) is 130 cm³/mol. The molecule has 28 heavy (non-hydrogen) atoms. The van der Waals surface area contributed by atoms with E-state index in [9.17, 15) is 0 Å². The largest absolute Gasteiger partial charge is 0.361 e. The number of piperazine rings is 1. The van der Waals surface area contributed by atoms with Gasteiger partial charge in [-0.2, -0.15) is 0 Å². The number of benzene rings is 1. The van der Waals surface area contributed by atoms with E-state index < -0.39 is 0 Å². The minimum absolute atomic E-state index is 0. The van der Waals surface area contributed by atoms with E-state index in [2.05, 4.69) is 75.8 Å². The molecule has 6 nitrogen and oxygen atoms in total. The van der Waals surface area contributed by atoms with Crippen LogP contribution in [0, 0.1) is 0 Å². The van der Waals surface area contributed by atoms with Crippen LogP contribution >= 0.6 is 24.0 Å². The number of aliphatic imine (C=N–C) groups is 1. The topological polar surface area (TPSA) is 58.7 Å².